The molecule has 0 spiro atoms. The maximum absolute atomic E-state index is 12.7. The van der Waals surface area contributed by atoms with Gasteiger partial charge in [-0.1, -0.05) is 55.9 Å². The van der Waals surface area contributed by atoms with Crippen LogP contribution in [-0.2, 0) is 19.4 Å². The minimum Gasteiger partial charge on any atom is -0.347 e. The number of hydrogen-bond acceptors (Lipinski definition) is 3. The van der Waals surface area contributed by atoms with Crippen molar-refractivity contribution < 1.29 is 4.79 Å². The molecule has 0 radical (unpaired) electrons. The average molecular weight is 353 g/mol. The quantitative estimate of drug-likeness (QED) is 0.685. The number of aromatic nitrogens is 2. The van der Waals surface area contributed by atoms with Gasteiger partial charge in [-0.05, 0) is 36.1 Å². The Labute approximate surface area is 152 Å². The summed E-state index contributed by atoms with van der Waals surface area (Å²) in [7, 11) is 0. The lowest BCUT2D eigenvalue weighted by Gasteiger charge is -2.06. The fourth-order valence-electron chi connectivity index (χ4n) is 2.65. The number of carbonyl (C=O) groups is 1. The van der Waals surface area contributed by atoms with Gasteiger partial charge in [-0.25, -0.2) is 4.98 Å². The number of rotatable bonds is 7. The summed E-state index contributed by atoms with van der Waals surface area (Å²) >= 11 is 1.45. The van der Waals surface area contributed by atoms with E-state index in [-0.39, 0.29) is 5.91 Å². The molecule has 1 aromatic carbocycles. The van der Waals surface area contributed by atoms with Crippen molar-refractivity contribution in [2.75, 3.05) is 0 Å². The van der Waals surface area contributed by atoms with Gasteiger partial charge in [0, 0.05) is 18.9 Å². The molecule has 0 unspecified atom stereocenters. The van der Waals surface area contributed by atoms with Crippen molar-refractivity contribution in [1.29, 1.82) is 0 Å². The monoisotopic (exact) mass is 353 g/mol. The minimum absolute atomic E-state index is 0.0427. The highest BCUT2D eigenvalue weighted by Crippen LogP contribution is 2.23. The number of aryl methyl sites for hydroxylation is 2. The van der Waals surface area contributed by atoms with Crippen molar-refractivity contribution in [3.8, 4) is 5.13 Å². The zero-order valence-electron chi connectivity index (χ0n) is 14.7. The molecule has 0 aliphatic carbocycles. The van der Waals surface area contributed by atoms with Crippen molar-refractivity contribution in [2.45, 2.75) is 39.7 Å². The molecular weight excluding hydrogens is 330 g/mol. The van der Waals surface area contributed by atoms with Gasteiger partial charge >= 0.3 is 0 Å². The van der Waals surface area contributed by atoms with Crippen LogP contribution in [-0.4, -0.2) is 15.5 Å². The van der Waals surface area contributed by atoms with E-state index < -0.39 is 0 Å². The molecule has 25 heavy (non-hydrogen) atoms. The van der Waals surface area contributed by atoms with E-state index >= 15 is 0 Å². The SMILES string of the molecule is CCCc1nc(-n2cccc2)sc1C(=O)NCc1ccc(CC)cc1. The molecule has 0 saturated heterocycles. The second kappa shape index (κ2) is 8.12. The molecule has 0 saturated carbocycles. The number of benzene rings is 1. The predicted molar refractivity (Wildman–Crippen MR) is 102 cm³/mol. The third-order valence-corrected chi connectivity index (χ3v) is 5.20. The largest absolute Gasteiger partial charge is 0.347 e. The summed E-state index contributed by atoms with van der Waals surface area (Å²) in [6, 6.07) is 12.3. The van der Waals surface area contributed by atoms with Gasteiger partial charge in [0.05, 0.1) is 5.69 Å². The summed E-state index contributed by atoms with van der Waals surface area (Å²) in [6.45, 7) is 4.77. The van der Waals surface area contributed by atoms with E-state index in [1.165, 1.54) is 16.9 Å². The summed E-state index contributed by atoms with van der Waals surface area (Å²) in [5.74, 6) is -0.0427. The van der Waals surface area contributed by atoms with Crippen LogP contribution in [0.3, 0.4) is 0 Å². The average Bonchev–Trinajstić information content (AvgIpc) is 3.30. The Bertz CT molecular complexity index is 819. The Hall–Kier alpha value is -2.40. The van der Waals surface area contributed by atoms with Crippen LogP contribution in [0.4, 0.5) is 0 Å². The lowest BCUT2D eigenvalue weighted by atomic mass is 10.1. The van der Waals surface area contributed by atoms with Gasteiger partial charge in [0.25, 0.3) is 5.91 Å². The van der Waals surface area contributed by atoms with E-state index in [0.29, 0.717) is 6.54 Å². The molecule has 0 bridgehead atoms. The molecule has 0 fully saturated rings. The molecular formula is C20H23N3OS. The van der Waals surface area contributed by atoms with Gasteiger partial charge in [-0.15, -0.1) is 0 Å². The Morgan fingerprint density at radius 3 is 2.44 bits per heavy atom. The Morgan fingerprint density at radius 2 is 1.80 bits per heavy atom. The van der Waals surface area contributed by atoms with Gasteiger partial charge in [0.2, 0.25) is 0 Å². The fourth-order valence-corrected chi connectivity index (χ4v) is 3.65. The van der Waals surface area contributed by atoms with Crippen molar-refractivity contribution in [3.63, 3.8) is 0 Å². The number of nitrogens with zero attached hydrogens (tertiary/aromatic N) is 2. The smallest absolute Gasteiger partial charge is 0.263 e. The van der Waals surface area contributed by atoms with Crippen molar-refractivity contribution >= 4 is 17.2 Å². The van der Waals surface area contributed by atoms with E-state index in [1.807, 2.05) is 29.1 Å². The van der Waals surface area contributed by atoms with Gasteiger partial charge in [0.15, 0.2) is 5.13 Å². The van der Waals surface area contributed by atoms with Crippen LogP contribution in [0.1, 0.15) is 46.8 Å². The summed E-state index contributed by atoms with van der Waals surface area (Å²) in [5.41, 5.74) is 3.30. The summed E-state index contributed by atoms with van der Waals surface area (Å²) in [4.78, 5) is 18.0. The highest BCUT2D eigenvalue weighted by atomic mass is 32.1. The van der Waals surface area contributed by atoms with Gasteiger partial charge in [-0.3, -0.25) is 4.79 Å². The van der Waals surface area contributed by atoms with Crippen LogP contribution in [0.25, 0.3) is 5.13 Å². The third-order valence-electron chi connectivity index (χ3n) is 4.09. The van der Waals surface area contributed by atoms with Crippen molar-refractivity contribution in [1.82, 2.24) is 14.9 Å². The Balaban J connectivity index is 1.73. The highest BCUT2D eigenvalue weighted by molar-refractivity contribution is 7.16. The Morgan fingerprint density at radius 1 is 1.12 bits per heavy atom. The standard InChI is InChI=1S/C20H23N3OS/c1-3-7-17-18(25-20(22-17)23-12-5-6-13-23)19(24)21-14-16-10-8-15(4-2)9-11-16/h5-6,8-13H,3-4,7,14H2,1-2H3,(H,21,24). The first-order chi connectivity index (χ1) is 12.2. The summed E-state index contributed by atoms with van der Waals surface area (Å²) in [5, 5.41) is 3.87. The topological polar surface area (TPSA) is 46.9 Å². The van der Waals surface area contributed by atoms with E-state index in [2.05, 4.69) is 48.4 Å². The molecule has 0 aliphatic rings. The lowest BCUT2D eigenvalue weighted by molar-refractivity contribution is 0.0954. The predicted octanol–water partition coefficient (Wildman–Crippen LogP) is 4.38. The van der Waals surface area contributed by atoms with Crippen LogP contribution in [0.5, 0.6) is 0 Å². The second-order valence-corrected chi connectivity index (χ2v) is 6.94. The van der Waals surface area contributed by atoms with Crippen molar-refractivity contribution in [2.24, 2.45) is 0 Å². The van der Waals surface area contributed by atoms with Crippen LogP contribution in [0, 0.1) is 0 Å². The molecule has 1 N–H and O–H groups in total. The number of nitrogens with one attached hydrogen (secondary N) is 1. The third kappa shape index (κ3) is 4.17. The number of hydrogen-bond donors (Lipinski definition) is 1. The molecule has 2 heterocycles. The van der Waals surface area contributed by atoms with E-state index in [1.54, 1.807) is 0 Å². The molecule has 3 aromatic rings. The van der Waals surface area contributed by atoms with E-state index in [4.69, 9.17) is 0 Å². The lowest BCUT2D eigenvalue weighted by Crippen LogP contribution is -2.23. The summed E-state index contributed by atoms with van der Waals surface area (Å²) in [6.07, 6.45) is 6.70. The van der Waals surface area contributed by atoms with Gasteiger partial charge in [-0.2, -0.15) is 0 Å². The summed E-state index contributed by atoms with van der Waals surface area (Å²) < 4.78 is 1.95. The fraction of sp³-hybridized carbons (Fsp3) is 0.300. The van der Waals surface area contributed by atoms with Crippen molar-refractivity contribution in [3.05, 3.63) is 70.5 Å². The Kier molecular flexibility index (Phi) is 5.66. The molecule has 1 amide bonds. The molecule has 2 aromatic heterocycles. The normalized spacial score (nSPS) is 10.8. The van der Waals surface area contributed by atoms with Crippen LogP contribution < -0.4 is 5.32 Å². The molecule has 0 atom stereocenters. The molecule has 130 valence electrons. The number of carbonyl (C=O) groups excluding carboxylic acids is 1. The zero-order chi connectivity index (χ0) is 17.6. The first-order valence-electron chi connectivity index (χ1n) is 8.70. The molecule has 4 nitrogen and oxygen atoms in total. The number of thiazole rings is 1. The molecule has 0 aliphatic heterocycles. The van der Waals surface area contributed by atoms with Crippen LogP contribution in [0.15, 0.2) is 48.8 Å². The molecule has 3 rings (SSSR count). The second-order valence-electron chi connectivity index (χ2n) is 5.97. The first-order valence-corrected chi connectivity index (χ1v) is 9.52. The number of amides is 1. The zero-order valence-corrected chi connectivity index (χ0v) is 15.5. The molecule has 5 heteroatoms. The van der Waals surface area contributed by atoms with E-state index in [0.717, 1.165) is 40.5 Å². The van der Waals surface area contributed by atoms with E-state index in [9.17, 15) is 4.79 Å². The van der Waals surface area contributed by atoms with Crippen LogP contribution >= 0.6 is 11.3 Å². The van der Waals surface area contributed by atoms with Gasteiger partial charge in [0.1, 0.15) is 4.88 Å². The van der Waals surface area contributed by atoms with Gasteiger partial charge < -0.3 is 9.88 Å². The highest BCUT2D eigenvalue weighted by Gasteiger charge is 2.18. The maximum Gasteiger partial charge on any atom is 0.263 e. The first kappa shape index (κ1) is 17.4. The minimum atomic E-state index is -0.0427. The maximum atomic E-state index is 12.7. The van der Waals surface area contributed by atoms with Crippen LogP contribution in [0.2, 0.25) is 0 Å².